The van der Waals surface area contributed by atoms with Crippen LogP contribution >= 0.6 is 12.4 Å². The van der Waals surface area contributed by atoms with Gasteiger partial charge in [0.25, 0.3) is 5.91 Å². The van der Waals surface area contributed by atoms with Gasteiger partial charge < -0.3 is 10.2 Å². The second-order valence-corrected chi connectivity index (χ2v) is 5.76. The van der Waals surface area contributed by atoms with Crippen molar-refractivity contribution in [3.63, 3.8) is 0 Å². The highest BCUT2D eigenvalue weighted by Crippen LogP contribution is 2.27. The van der Waals surface area contributed by atoms with E-state index in [1.807, 2.05) is 23.1 Å². The van der Waals surface area contributed by atoms with Crippen LogP contribution in [0.2, 0.25) is 0 Å². The summed E-state index contributed by atoms with van der Waals surface area (Å²) in [6.07, 6.45) is 1.11. The Bertz CT molecular complexity index is 658. The van der Waals surface area contributed by atoms with Crippen LogP contribution < -0.4 is 5.32 Å². The number of rotatable bonds is 1. The maximum Gasteiger partial charge on any atom is 0.253 e. The number of halogens is 1. The molecule has 7 heteroatoms. The summed E-state index contributed by atoms with van der Waals surface area (Å²) in [5.74, 6) is 1.47. The predicted molar refractivity (Wildman–Crippen MR) is 81.5 cm³/mol. The van der Waals surface area contributed by atoms with Crippen LogP contribution in [0.1, 0.15) is 16.8 Å². The van der Waals surface area contributed by atoms with Crippen LogP contribution in [-0.4, -0.2) is 52.4 Å². The molecule has 0 spiro atoms. The summed E-state index contributed by atoms with van der Waals surface area (Å²) in [6.45, 7) is 3.88. The van der Waals surface area contributed by atoms with Gasteiger partial charge in [-0.1, -0.05) is 5.21 Å². The van der Waals surface area contributed by atoms with Gasteiger partial charge in [0.1, 0.15) is 5.52 Å². The van der Waals surface area contributed by atoms with Gasteiger partial charge >= 0.3 is 0 Å². The highest BCUT2D eigenvalue weighted by Gasteiger charge is 2.34. The first-order chi connectivity index (χ1) is 9.81. The molecular formula is C14H18ClN5O. The number of H-pyrrole nitrogens is 1. The van der Waals surface area contributed by atoms with E-state index >= 15 is 0 Å². The second-order valence-electron chi connectivity index (χ2n) is 5.76. The van der Waals surface area contributed by atoms with Gasteiger partial charge in [-0.2, -0.15) is 0 Å². The van der Waals surface area contributed by atoms with Gasteiger partial charge in [0.05, 0.1) is 5.52 Å². The summed E-state index contributed by atoms with van der Waals surface area (Å²) in [4.78, 5) is 14.6. The Hall–Kier alpha value is -1.66. The number of likely N-dealkylation sites (tertiary alicyclic amines) is 1. The molecule has 2 fully saturated rings. The third-order valence-corrected chi connectivity index (χ3v) is 4.56. The molecule has 2 aliphatic heterocycles. The van der Waals surface area contributed by atoms with Crippen molar-refractivity contribution < 1.29 is 4.79 Å². The number of hydrogen-bond acceptors (Lipinski definition) is 4. The van der Waals surface area contributed by atoms with Crippen molar-refractivity contribution in [2.24, 2.45) is 11.8 Å². The van der Waals surface area contributed by atoms with E-state index in [9.17, 15) is 4.79 Å². The van der Waals surface area contributed by atoms with Crippen LogP contribution in [0.25, 0.3) is 11.0 Å². The van der Waals surface area contributed by atoms with Crippen molar-refractivity contribution in [2.45, 2.75) is 6.42 Å². The minimum absolute atomic E-state index is 0. The lowest BCUT2D eigenvalue weighted by Gasteiger charge is -2.34. The first-order valence-electron chi connectivity index (χ1n) is 7.12. The molecule has 3 heterocycles. The predicted octanol–water partition coefficient (Wildman–Crippen LogP) is 1.06. The number of fused-ring (bicyclic) bond motifs is 2. The van der Waals surface area contributed by atoms with Crippen LogP contribution in [0.4, 0.5) is 0 Å². The molecule has 2 saturated heterocycles. The molecule has 6 nitrogen and oxygen atoms in total. The summed E-state index contributed by atoms with van der Waals surface area (Å²) in [7, 11) is 0. The van der Waals surface area contributed by atoms with E-state index in [2.05, 4.69) is 20.7 Å². The molecule has 0 bridgehead atoms. The Morgan fingerprint density at radius 2 is 2.14 bits per heavy atom. The van der Waals surface area contributed by atoms with E-state index in [4.69, 9.17) is 0 Å². The maximum absolute atomic E-state index is 12.6. The molecule has 112 valence electrons. The SMILES string of the molecule is Cl.O=C(c1ccc2[nH]nnc2c1)N1CC[C@H]2CNC[C@@H]2C1. The zero-order valence-electron chi connectivity index (χ0n) is 11.6. The summed E-state index contributed by atoms with van der Waals surface area (Å²) in [6, 6.07) is 5.54. The molecule has 1 amide bonds. The van der Waals surface area contributed by atoms with Crippen LogP contribution in [0.15, 0.2) is 18.2 Å². The molecule has 0 radical (unpaired) electrons. The average molecular weight is 308 g/mol. The number of nitrogens with zero attached hydrogens (tertiary/aromatic N) is 3. The standard InChI is InChI=1S/C14H17N5O.ClH/c20-14(9-1-2-12-13(5-9)17-18-16-12)19-4-3-10-6-15-7-11(10)8-19;/h1-2,5,10-11,15H,3-4,6-8H2,(H,16,17,18);1H/t10-,11+;/m0./s1. The normalized spacial score (nSPS) is 24.7. The molecule has 2 atom stereocenters. The molecule has 4 rings (SSSR count). The van der Waals surface area contributed by atoms with Gasteiger partial charge in [-0.05, 0) is 49.5 Å². The molecule has 1 aromatic heterocycles. The Morgan fingerprint density at radius 3 is 3.05 bits per heavy atom. The number of carbonyl (C=O) groups excluding carboxylic acids is 1. The molecule has 1 aromatic carbocycles. The molecule has 0 aliphatic carbocycles. The zero-order valence-corrected chi connectivity index (χ0v) is 12.4. The molecule has 21 heavy (non-hydrogen) atoms. The van der Waals surface area contributed by atoms with Crippen LogP contribution in [0.3, 0.4) is 0 Å². The minimum atomic E-state index is 0. The Kier molecular flexibility index (Phi) is 3.82. The van der Waals surface area contributed by atoms with Crippen molar-refractivity contribution in [3.05, 3.63) is 23.8 Å². The number of benzene rings is 1. The van der Waals surface area contributed by atoms with Crippen molar-refractivity contribution in [1.29, 1.82) is 0 Å². The Balaban J connectivity index is 0.00000132. The lowest BCUT2D eigenvalue weighted by Crippen LogP contribution is -2.43. The number of nitrogens with one attached hydrogen (secondary N) is 2. The summed E-state index contributed by atoms with van der Waals surface area (Å²) >= 11 is 0. The number of piperidine rings is 1. The van der Waals surface area contributed by atoms with E-state index in [0.717, 1.165) is 49.6 Å². The van der Waals surface area contributed by atoms with Crippen molar-refractivity contribution in [3.8, 4) is 0 Å². The third-order valence-electron chi connectivity index (χ3n) is 4.56. The lowest BCUT2D eigenvalue weighted by molar-refractivity contribution is 0.0642. The van der Waals surface area contributed by atoms with E-state index in [1.54, 1.807) is 0 Å². The van der Waals surface area contributed by atoms with Crippen LogP contribution in [-0.2, 0) is 0 Å². The monoisotopic (exact) mass is 307 g/mol. The van der Waals surface area contributed by atoms with E-state index in [0.29, 0.717) is 11.5 Å². The van der Waals surface area contributed by atoms with E-state index < -0.39 is 0 Å². The average Bonchev–Trinajstić information content (AvgIpc) is 3.13. The molecule has 2 aromatic rings. The summed E-state index contributed by atoms with van der Waals surface area (Å²) < 4.78 is 0. The first-order valence-corrected chi connectivity index (χ1v) is 7.12. The quantitative estimate of drug-likeness (QED) is 0.826. The second kappa shape index (κ2) is 5.61. The third kappa shape index (κ3) is 2.49. The van der Waals surface area contributed by atoms with Gasteiger partial charge in [-0.3, -0.25) is 9.89 Å². The molecular weight excluding hydrogens is 290 g/mol. The number of hydrogen-bond donors (Lipinski definition) is 2. The largest absolute Gasteiger partial charge is 0.338 e. The lowest BCUT2D eigenvalue weighted by atomic mass is 9.88. The first kappa shape index (κ1) is 14.3. The van der Waals surface area contributed by atoms with Crippen molar-refractivity contribution >= 4 is 29.3 Å². The van der Waals surface area contributed by atoms with Gasteiger partial charge in [0, 0.05) is 18.7 Å². The maximum atomic E-state index is 12.6. The van der Waals surface area contributed by atoms with Gasteiger partial charge in [0.15, 0.2) is 0 Å². The van der Waals surface area contributed by atoms with Gasteiger partial charge in [-0.25, -0.2) is 0 Å². The Morgan fingerprint density at radius 1 is 1.29 bits per heavy atom. The van der Waals surface area contributed by atoms with E-state index in [-0.39, 0.29) is 18.3 Å². The molecule has 2 N–H and O–H groups in total. The fourth-order valence-electron chi connectivity index (χ4n) is 3.38. The fraction of sp³-hybridized carbons (Fsp3) is 0.500. The highest BCUT2D eigenvalue weighted by atomic mass is 35.5. The smallest absolute Gasteiger partial charge is 0.253 e. The van der Waals surface area contributed by atoms with Gasteiger partial charge in [0.2, 0.25) is 0 Å². The Labute approximate surface area is 128 Å². The topological polar surface area (TPSA) is 73.9 Å². The zero-order chi connectivity index (χ0) is 13.5. The highest BCUT2D eigenvalue weighted by molar-refractivity contribution is 5.97. The number of aromatic nitrogens is 3. The summed E-state index contributed by atoms with van der Waals surface area (Å²) in [5.41, 5.74) is 2.31. The van der Waals surface area contributed by atoms with Gasteiger partial charge in [-0.15, -0.1) is 17.5 Å². The van der Waals surface area contributed by atoms with Crippen LogP contribution in [0.5, 0.6) is 0 Å². The van der Waals surface area contributed by atoms with E-state index in [1.165, 1.54) is 0 Å². The van der Waals surface area contributed by atoms with Crippen molar-refractivity contribution in [2.75, 3.05) is 26.2 Å². The molecule has 2 aliphatic rings. The van der Waals surface area contributed by atoms with Crippen LogP contribution in [0, 0.1) is 11.8 Å². The fourth-order valence-corrected chi connectivity index (χ4v) is 3.38. The molecule has 0 unspecified atom stereocenters. The number of amides is 1. The van der Waals surface area contributed by atoms with Crippen molar-refractivity contribution in [1.82, 2.24) is 25.6 Å². The molecule has 0 saturated carbocycles. The number of carbonyl (C=O) groups is 1. The summed E-state index contributed by atoms with van der Waals surface area (Å²) in [5, 5.41) is 13.9. The minimum Gasteiger partial charge on any atom is -0.338 e. The number of aromatic amines is 1.